The zero-order valence-electron chi connectivity index (χ0n) is 10.9. The van der Waals surface area contributed by atoms with Gasteiger partial charge in [0.05, 0.1) is 12.9 Å². The van der Waals surface area contributed by atoms with Gasteiger partial charge in [-0.1, -0.05) is 30.3 Å². The minimum atomic E-state index is -0.381. The second-order valence-electron chi connectivity index (χ2n) is 4.49. The summed E-state index contributed by atoms with van der Waals surface area (Å²) < 4.78 is 3.31. The monoisotopic (exact) mass is 270 g/mol. The van der Waals surface area contributed by atoms with E-state index in [4.69, 9.17) is 5.84 Å². The van der Waals surface area contributed by atoms with E-state index < -0.39 is 0 Å². The van der Waals surface area contributed by atoms with E-state index in [0.717, 1.165) is 5.56 Å². The highest BCUT2D eigenvalue weighted by atomic mass is 16.1. The SMILES string of the molecule is Cn1cnc2c1c(NN)nc(=O)n2Cc1ccccc1. The van der Waals surface area contributed by atoms with E-state index in [1.807, 2.05) is 37.4 Å². The normalized spacial score (nSPS) is 10.9. The first kappa shape index (κ1) is 12.4. The molecule has 3 N–H and O–H groups in total. The average molecular weight is 270 g/mol. The van der Waals surface area contributed by atoms with Crippen LogP contribution < -0.4 is 17.0 Å². The lowest BCUT2D eigenvalue weighted by Crippen LogP contribution is -2.26. The minimum Gasteiger partial charge on any atom is -0.329 e. The quantitative estimate of drug-likeness (QED) is 0.533. The van der Waals surface area contributed by atoms with Gasteiger partial charge in [-0.3, -0.25) is 4.57 Å². The van der Waals surface area contributed by atoms with E-state index in [1.54, 1.807) is 10.9 Å². The van der Waals surface area contributed by atoms with Crippen LogP contribution in [0.25, 0.3) is 11.2 Å². The molecule has 0 radical (unpaired) electrons. The fourth-order valence-corrected chi connectivity index (χ4v) is 2.20. The van der Waals surface area contributed by atoms with E-state index in [2.05, 4.69) is 15.4 Å². The first-order valence-electron chi connectivity index (χ1n) is 6.13. The standard InChI is InChI=1S/C13H14N6O/c1-18-8-15-12-10(18)11(17-14)16-13(20)19(12)7-9-5-3-2-4-6-9/h2-6,8H,7,14H2,1H3,(H,16,17,20). The number of nitrogens with two attached hydrogens (primary N) is 1. The third kappa shape index (κ3) is 1.94. The van der Waals surface area contributed by atoms with Gasteiger partial charge < -0.3 is 9.99 Å². The van der Waals surface area contributed by atoms with Crippen LogP contribution in [0, 0.1) is 0 Å². The Labute approximate surface area is 114 Å². The number of rotatable bonds is 3. The van der Waals surface area contributed by atoms with E-state index in [0.29, 0.717) is 23.5 Å². The maximum atomic E-state index is 12.1. The molecule has 0 spiro atoms. The number of anilines is 1. The van der Waals surface area contributed by atoms with Crippen molar-refractivity contribution in [3.63, 3.8) is 0 Å². The second-order valence-corrected chi connectivity index (χ2v) is 4.49. The van der Waals surface area contributed by atoms with Crippen LogP contribution in [0.4, 0.5) is 5.82 Å². The molecule has 7 heteroatoms. The first-order valence-corrected chi connectivity index (χ1v) is 6.13. The Kier molecular flexibility index (Phi) is 2.96. The van der Waals surface area contributed by atoms with Crippen LogP contribution in [0.5, 0.6) is 0 Å². The van der Waals surface area contributed by atoms with E-state index in [-0.39, 0.29) is 5.69 Å². The highest BCUT2D eigenvalue weighted by Gasteiger charge is 2.14. The summed E-state index contributed by atoms with van der Waals surface area (Å²) >= 11 is 0. The summed E-state index contributed by atoms with van der Waals surface area (Å²) in [5, 5.41) is 0. The van der Waals surface area contributed by atoms with Gasteiger partial charge in [-0.15, -0.1) is 0 Å². The van der Waals surface area contributed by atoms with Gasteiger partial charge in [-0.05, 0) is 5.56 Å². The molecule has 20 heavy (non-hydrogen) atoms. The Hall–Kier alpha value is -2.67. The Morgan fingerprint density at radius 3 is 2.75 bits per heavy atom. The summed E-state index contributed by atoms with van der Waals surface area (Å²) in [6, 6.07) is 9.70. The van der Waals surface area contributed by atoms with Gasteiger partial charge in [0.2, 0.25) is 0 Å². The topological polar surface area (TPSA) is 90.8 Å². The molecule has 0 bridgehead atoms. The van der Waals surface area contributed by atoms with E-state index in [1.165, 1.54) is 4.57 Å². The second kappa shape index (κ2) is 4.78. The third-order valence-electron chi connectivity index (χ3n) is 3.16. The molecule has 2 heterocycles. The van der Waals surface area contributed by atoms with Crippen molar-refractivity contribution < 1.29 is 0 Å². The number of imidazole rings is 1. The van der Waals surface area contributed by atoms with E-state index >= 15 is 0 Å². The lowest BCUT2D eigenvalue weighted by atomic mass is 10.2. The largest absolute Gasteiger partial charge is 0.351 e. The molecule has 0 aliphatic carbocycles. The highest BCUT2D eigenvalue weighted by molar-refractivity contribution is 5.83. The molecular formula is C13H14N6O. The van der Waals surface area contributed by atoms with Crippen molar-refractivity contribution in [3.05, 3.63) is 52.7 Å². The number of fused-ring (bicyclic) bond motifs is 1. The predicted molar refractivity (Wildman–Crippen MR) is 76.1 cm³/mol. The molecule has 0 fully saturated rings. The van der Waals surface area contributed by atoms with Crippen LogP contribution in [0.2, 0.25) is 0 Å². The molecular weight excluding hydrogens is 256 g/mol. The number of hydrogen-bond donors (Lipinski definition) is 2. The number of nitrogen functional groups attached to an aromatic ring is 1. The van der Waals surface area contributed by atoms with Gasteiger partial charge in [0.1, 0.15) is 5.52 Å². The van der Waals surface area contributed by atoms with Crippen LogP contribution >= 0.6 is 0 Å². The summed E-state index contributed by atoms with van der Waals surface area (Å²) in [6.07, 6.45) is 1.63. The molecule has 2 aromatic heterocycles. The van der Waals surface area contributed by atoms with Crippen LogP contribution in [-0.2, 0) is 13.6 Å². The number of nitrogens with one attached hydrogen (secondary N) is 1. The number of hydrazine groups is 1. The van der Waals surface area contributed by atoms with Gasteiger partial charge in [0, 0.05) is 7.05 Å². The van der Waals surface area contributed by atoms with Gasteiger partial charge in [-0.2, -0.15) is 4.98 Å². The molecule has 0 atom stereocenters. The van der Waals surface area contributed by atoms with E-state index in [9.17, 15) is 4.79 Å². The Morgan fingerprint density at radius 1 is 1.30 bits per heavy atom. The van der Waals surface area contributed by atoms with Crippen molar-refractivity contribution in [1.29, 1.82) is 0 Å². The summed E-state index contributed by atoms with van der Waals surface area (Å²) in [4.78, 5) is 20.4. The summed E-state index contributed by atoms with van der Waals surface area (Å²) in [7, 11) is 1.83. The Balaban J connectivity index is 2.21. The zero-order chi connectivity index (χ0) is 14.1. The smallest absolute Gasteiger partial charge is 0.329 e. The number of aryl methyl sites for hydroxylation is 1. The number of nitrogens with zero attached hydrogens (tertiary/aromatic N) is 4. The fourth-order valence-electron chi connectivity index (χ4n) is 2.20. The maximum absolute atomic E-state index is 12.1. The molecule has 0 saturated carbocycles. The van der Waals surface area contributed by atoms with Crippen molar-refractivity contribution in [3.8, 4) is 0 Å². The van der Waals surface area contributed by atoms with Gasteiger partial charge >= 0.3 is 5.69 Å². The molecule has 3 rings (SSSR count). The molecule has 0 aliphatic rings. The van der Waals surface area contributed by atoms with Gasteiger partial charge in [0.15, 0.2) is 11.5 Å². The molecule has 7 nitrogen and oxygen atoms in total. The van der Waals surface area contributed by atoms with Gasteiger partial charge in [0.25, 0.3) is 0 Å². The Bertz CT molecular complexity index is 805. The van der Waals surface area contributed by atoms with Crippen LogP contribution in [0.1, 0.15) is 5.56 Å². The van der Waals surface area contributed by atoms with Gasteiger partial charge in [-0.25, -0.2) is 15.6 Å². The first-order chi connectivity index (χ1) is 9.70. The molecule has 1 aromatic carbocycles. The van der Waals surface area contributed by atoms with Crippen molar-refractivity contribution >= 4 is 17.0 Å². The summed E-state index contributed by atoms with van der Waals surface area (Å²) in [5.74, 6) is 5.74. The molecule has 0 amide bonds. The number of aromatic nitrogens is 4. The zero-order valence-corrected chi connectivity index (χ0v) is 10.9. The van der Waals surface area contributed by atoms with Crippen LogP contribution in [0.3, 0.4) is 0 Å². The van der Waals surface area contributed by atoms with Crippen molar-refractivity contribution in [2.75, 3.05) is 5.43 Å². The number of benzene rings is 1. The van der Waals surface area contributed by atoms with Crippen molar-refractivity contribution in [2.24, 2.45) is 12.9 Å². The fraction of sp³-hybridized carbons (Fsp3) is 0.154. The summed E-state index contributed by atoms with van der Waals surface area (Å²) in [5.41, 5.74) is 4.33. The number of hydrogen-bond acceptors (Lipinski definition) is 5. The van der Waals surface area contributed by atoms with Crippen LogP contribution in [0.15, 0.2) is 41.5 Å². The molecule has 0 aliphatic heterocycles. The maximum Gasteiger partial charge on any atom is 0.351 e. The molecule has 0 saturated heterocycles. The predicted octanol–water partition coefficient (Wildman–Crippen LogP) is 0.464. The van der Waals surface area contributed by atoms with Crippen LogP contribution in [-0.4, -0.2) is 19.1 Å². The minimum absolute atomic E-state index is 0.328. The highest BCUT2D eigenvalue weighted by Crippen LogP contribution is 2.17. The lowest BCUT2D eigenvalue weighted by molar-refractivity contribution is 0.754. The Morgan fingerprint density at radius 2 is 2.05 bits per heavy atom. The van der Waals surface area contributed by atoms with Crippen molar-refractivity contribution in [1.82, 2.24) is 19.1 Å². The molecule has 3 aromatic rings. The lowest BCUT2D eigenvalue weighted by Gasteiger charge is -2.09. The molecule has 102 valence electrons. The van der Waals surface area contributed by atoms with Crippen molar-refractivity contribution in [2.45, 2.75) is 6.54 Å². The molecule has 0 unspecified atom stereocenters. The summed E-state index contributed by atoms with van der Waals surface area (Å²) in [6.45, 7) is 0.422. The third-order valence-corrected chi connectivity index (χ3v) is 3.16. The average Bonchev–Trinajstić information content (AvgIpc) is 2.85.